The van der Waals surface area contributed by atoms with Crippen molar-refractivity contribution in [2.45, 2.75) is 32.0 Å². The fourth-order valence-corrected chi connectivity index (χ4v) is 1.94. The van der Waals surface area contributed by atoms with E-state index in [1.807, 2.05) is 23.0 Å². The van der Waals surface area contributed by atoms with Crippen LogP contribution in [0.25, 0.3) is 0 Å². The Morgan fingerprint density at radius 2 is 2.22 bits per heavy atom. The zero-order chi connectivity index (χ0) is 12.4. The molecule has 1 saturated carbocycles. The zero-order valence-electron chi connectivity index (χ0n) is 10.1. The molecule has 2 aromatic rings. The molecule has 3 rings (SSSR count). The molecule has 1 heterocycles. The van der Waals surface area contributed by atoms with Crippen molar-refractivity contribution < 1.29 is 4.39 Å². The summed E-state index contributed by atoms with van der Waals surface area (Å²) in [5, 5.41) is 7.89. The topological polar surface area (TPSA) is 29.9 Å². The molecular formula is C14H16FN3. The molecule has 0 saturated heterocycles. The fraction of sp³-hybridized carbons (Fsp3) is 0.357. The van der Waals surface area contributed by atoms with Crippen molar-refractivity contribution in [3.63, 3.8) is 0 Å². The molecular weight excluding hydrogens is 229 g/mol. The predicted octanol–water partition coefficient (Wildman–Crippen LogP) is 2.32. The number of nitrogens with zero attached hydrogens (tertiary/aromatic N) is 2. The molecule has 1 aliphatic rings. The van der Waals surface area contributed by atoms with Crippen molar-refractivity contribution >= 4 is 0 Å². The minimum Gasteiger partial charge on any atom is -0.308 e. The van der Waals surface area contributed by atoms with Gasteiger partial charge < -0.3 is 5.32 Å². The molecule has 0 radical (unpaired) electrons. The molecule has 1 aliphatic carbocycles. The van der Waals surface area contributed by atoms with Crippen LogP contribution in [0.15, 0.2) is 36.5 Å². The maximum atomic E-state index is 13.1. The van der Waals surface area contributed by atoms with Crippen LogP contribution in [0.1, 0.15) is 24.1 Å². The lowest BCUT2D eigenvalue weighted by Crippen LogP contribution is -2.16. The molecule has 1 aromatic carbocycles. The lowest BCUT2D eigenvalue weighted by atomic mass is 10.2. The summed E-state index contributed by atoms with van der Waals surface area (Å²) >= 11 is 0. The summed E-state index contributed by atoms with van der Waals surface area (Å²) in [5.74, 6) is -0.199. The van der Waals surface area contributed by atoms with Crippen molar-refractivity contribution in [1.29, 1.82) is 0 Å². The molecule has 1 aromatic heterocycles. The molecule has 1 N–H and O–H groups in total. The van der Waals surface area contributed by atoms with E-state index in [4.69, 9.17) is 0 Å². The number of hydrogen-bond acceptors (Lipinski definition) is 2. The summed E-state index contributed by atoms with van der Waals surface area (Å²) in [6.07, 6.45) is 4.50. The Balaban J connectivity index is 1.61. The Morgan fingerprint density at radius 3 is 3.00 bits per heavy atom. The van der Waals surface area contributed by atoms with E-state index in [1.54, 1.807) is 12.1 Å². The van der Waals surface area contributed by atoms with Crippen molar-refractivity contribution in [2.24, 2.45) is 0 Å². The first-order valence-corrected chi connectivity index (χ1v) is 6.30. The number of benzene rings is 1. The van der Waals surface area contributed by atoms with Gasteiger partial charge >= 0.3 is 0 Å². The minimum absolute atomic E-state index is 0.199. The average molecular weight is 245 g/mol. The molecule has 0 atom stereocenters. The molecule has 3 nitrogen and oxygen atoms in total. The first-order chi connectivity index (χ1) is 8.79. The maximum absolute atomic E-state index is 13.1. The molecule has 0 unspecified atom stereocenters. The van der Waals surface area contributed by atoms with Crippen molar-refractivity contribution in [2.75, 3.05) is 0 Å². The van der Waals surface area contributed by atoms with Crippen LogP contribution < -0.4 is 5.32 Å². The third-order valence-corrected chi connectivity index (χ3v) is 3.08. The summed E-state index contributed by atoms with van der Waals surface area (Å²) < 4.78 is 14.9. The molecule has 94 valence electrons. The maximum Gasteiger partial charge on any atom is 0.123 e. The van der Waals surface area contributed by atoms with Gasteiger partial charge in [0.25, 0.3) is 0 Å². The van der Waals surface area contributed by atoms with E-state index in [0.29, 0.717) is 12.6 Å². The van der Waals surface area contributed by atoms with Crippen LogP contribution in [0.5, 0.6) is 0 Å². The molecule has 0 aliphatic heterocycles. The number of nitrogens with one attached hydrogen (secondary N) is 1. The largest absolute Gasteiger partial charge is 0.308 e. The molecule has 4 heteroatoms. The highest BCUT2D eigenvalue weighted by Crippen LogP contribution is 2.19. The van der Waals surface area contributed by atoms with Gasteiger partial charge in [-0.1, -0.05) is 12.1 Å². The Morgan fingerprint density at radius 1 is 1.33 bits per heavy atom. The van der Waals surface area contributed by atoms with Crippen molar-refractivity contribution in [3.8, 4) is 0 Å². The predicted molar refractivity (Wildman–Crippen MR) is 67.6 cm³/mol. The number of halogens is 1. The van der Waals surface area contributed by atoms with Crippen LogP contribution in [0.4, 0.5) is 4.39 Å². The van der Waals surface area contributed by atoms with Crippen LogP contribution in [0.2, 0.25) is 0 Å². The van der Waals surface area contributed by atoms with Crippen LogP contribution in [0.3, 0.4) is 0 Å². The van der Waals surface area contributed by atoms with E-state index < -0.39 is 0 Å². The fourth-order valence-electron chi connectivity index (χ4n) is 1.94. The highest BCUT2D eigenvalue weighted by molar-refractivity contribution is 5.16. The first-order valence-electron chi connectivity index (χ1n) is 6.30. The van der Waals surface area contributed by atoms with E-state index in [9.17, 15) is 4.39 Å². The summed E-state index contributed by atoms with van der Waals surface area (Å²) in [6, 6.07) is 9.34. The van der Waals surface area contributed by atoms with E-state index in [0.717, 1.165) is 17.8 Å². The van der Waals surface area contributed by atoms with E-state index in [-0.39, 0.29) is 5.82 Å². The highest BCUT2D eigenvalue weighted by Gasteiger charge is 2.20. The minimum atomic E-state index is -0.199. The second kappa shape index (κ2) is 4.90. The highest BCUT2D eigenvalue weighted by atomic mass is 19.1. The standard InChI is InChI=1S/C14H16FN3/c15-12-3-1-2-11(8-12)10-18-7-6-14(17-18)9-16-13-4-5-13/h1-3,6-8,13,16H,4-5,9-10H2. The van der Waals surface area contributed by atoms with Gasteiger partial charge in [-0.2, -0.15) is 5.10 Å². The summed E-state index contributed by atoms with van der Waals surface area (Å²) in [7, 11) is 0. The molecule has 0 spiro atoms. The van der Waals surface area contributed by atoms with Gasteiger partial charge in [0.1, 0.15) is 5.82 Å². The lowest BCUT2D eigenvalue weighted by molar-refractivity contribution is 0.612. The van der Waals surface area contributed by atoms with E-state index in [1.165, 1.54) is 18.9 Å². The summed E-state index contributed by atoms with van der Waals surface area (Å²) in [5.41, 5.74) is 1.97. The van der Waals surface area contributed by atoms with E-state index in [2.05, 4.69) is 10.4 Å². The van der Waals surface area contributed by atoms with Crippen LogP contribution in [-0.4, -0.2) is 15.8 Å². The quantitative estimate of drug-likeness (QED) is 0.876. The van der Waals surface area contributed by atoms with Gasteiger partial charge in [0, 0.05) is 18.8 Å². The van der Waals surface area contributed by atoms with E-state index >= 15 is 0 Å². The van der Waals surface area contributed by atoms with Crippen molar-refractivity contribution in [1.82, 2.24) is 15.1 Å². The molecule has 0 bridgehead atoms. The second-order valence-corrected chi connectivity index (χ2v) is 4.79. The third-order valence-electron chi connectivity index (χ3n) is 3.08. The van der Waals surface area contributed by atoms with Gasteiger partial charge in [0.15, 0.2) is 0 Å². The average Bonchev–Trinajstić information content (AvgIpc) is 3.08. The third kappa shape index (κ3) is 2.96. The van der Waals surface area contributed by atoms with Crippen LogP contribution in [0, 0.1) is 5.82 Å². The number of aromatic nitrogens is 2. The Hall–Kier alpha value is -1.68. The van der Waals surface area contributed by atoms with Gasteiger partial charge in [-0.15, -0.1) is 0 Å². The van der Waals surface area contributed by atoms with Crippen LogP contribution >= 0.6 is 0 Å². The van der Waals surface area contributed by atoms with Gasteiger partial charge in [0.2, 0.25) is 0 Å². The van der Waals surface area contributed by atoms with Crippen molar-refractivity contribution in [3.05, 3.63) is 53.6 Å². The number of hydrogen-bond donors (Lipinski definition) is 1. The smallest absolute Gasteiger partial charge is 0.123 e. The number of rotatable bonds is 5. The zero-order valence-corrected chi connectivity index (χ0v) is 10.1. The van der Waals surface area contributed by atoms with Gasteiger partial charge in [-0.05, 0) is 36.6 Å². The van der Waals surface area contributed by atoms with Gasteiger partial charge in [-0.3, -0.25) is 4.68 Å². The normalized spacial score (nSPS) is 14.9. The summed E-state index contributed by atoms with van der Waals surface area (Å²) in [6.45, 7) is 1.43. The van der Waals surface area contributed by atoms with Gasteiger partial charge in [-0.25, -0.2) is 4.39 Å². The van der Waals surface area contributed by atoms with Gasteiger partial charge in [0.05, 0.1) is 12.2 Å². The molecule has 0 amide bonds. The summed E-state index contributed by atoms with van der Waals surface area (Å²) in [4.78, 5) is 0. The SMILES string of the molecule is Fc1cccc(Cn2ccc(CNC3CC3)n2)c1. The Labute approximate surface area is 106 Å². The molecule has 18 heavy (non-hydrogen) atoms. The Bertz CT molecular complexity index is 531. The lowest BCUT2D eigenvalue weighted by Gasteiger charge is -2.02. The Kier molecular flexibility index (Phi) is 3.11. The van der Waals surface area contributed by atoms with Crippen LogP contribution in [-0.2, 0) is 13.1 Å². The molecule has 1 fully saturated rings. The second-order valence-electron chi connectivity index (χ2n) is 4.79. The first kappa shape index (κ1) is 11.4. The monoisotopic (exact) mass is 245 g/mol.